The van der Waals surface area contributed by atoms with E-state index in [0.29, 0.717) is 11.4 Å². The highest BCUT2D eigenvalue weighted by atomic mass is 16.2. The topological polar surface area (TPSA) is 58.5 Å². The number of aliphatic imine (C=N–C) groups is 1. The third-order valence-corrected chi connectivity index (χ3v) is 4.13. The molecule has 4 nitrogen and oxygen atoms in total. The molecule has 1 aromatic rings. The van der Waals surface area contributed by atoms with E-state index in [1.807, 2.05) is 26.0 Å². The molecule has 118 valence electrons. The van der Waals surface area contributed by atoms with Crippen LogP contribution in [0.5, 0.6) is 0 Å². The van der Waals surface area contributed by atoms with E-state index in [9.17, 15) is 9.59 Å². The standard InChI is InChI=1S/C18H24N2O2/c1-6-11(4)19-18-15(12(5)21)17(22)14-9-7-8-13(10(2)3)16(14)20-18/h7-11,15H,6H2,1-5H3,(H,19,20). The molecule has 1 N–H and O–H groups in total. The highest BCUT2D eigenvalue weighted by Crippen LogP contribution is 2.34. The molecular formula is C18H24N2O2. The fourth-order valence-electron chi connectivity index (χ4n) is 2.69. The van der Waals surface area contributed by atoms with E-state index < -0.39 is 5.92 Å². The van der Waals surface area contributed by atoms with Crippen LogP contribution in [0.25, 0.3) is 0 Å². The van der Waals surface area contributed by atoms with Crippen molar-refractivity contribution >= 4 is 23.1 Å². The fourth-order valence-corrected chi connectivity index (χ4v) is 2.69. The van der Waals surface area contributed by atoms with Crippen LogP contribution >= 0.6 is 0 Å². The number of nitrogens with one attached hydrogen (secondary N) is 1. The van der Waals surface area contributed by atoms with Gasteiger partial charge < -0.3 is 5.32 Å². The molecule has 0 fully saturated rings. The van der Waals surface area contributed by atoms with E-state index in [1.165, 1.54) is 6.92 Å². The van der Waals surface area contributed by atoms with Crippen molar-refractivity contribution in [3.8, 4) is 0 Å². The van der Waals surface area contributed by atoms with Crippen LogP contribution in [0.4, 0.5) is 5.69 Å². The number of carbonyl (C=O) groups excluding carboxylic acids is 2. The van der Waals surface area contributed by atoms with Crippen molar-refractivity contribution in [1.82, 2.24) is 0 Å². The first kappa shape index (κ1) is 16.4. The number of ketones is 2. The zero-order chi connectivity index (χ0) is 16.4. The van der Waals surface area contributed by atoms with Crippen LogP contribution in [-0.2, 0) is 4.79 Å². The van der Waals surface area contributed by atoms with Gasteiger partial charge in [0.05, 0.1) is 5.69 Å². The molecule has 4 heteroatoms. The molecule has 1 aliphatic heterocycles. The van der Waals surface area contributed by atoms with Gasteiger partial charge in [-0.3, -0.25) is 14.6 Å². The Bertz CT molecular complexity index is 632. The fraction of sp³-hybridized carbons (Fsp3) is 0.500. The number of anilines is 1. The van der Waals surface area contributed by atoms with Crippen molar-refractivity contribution in [3.63, 3.8) is 0 Å². The first-order valence-electron chi connectivity index (χ1n) is 7.89. The summed E-state index contributed by atoms with van der Waals surface area (Å²) in [6.45, 7) is 9.65. The number of rotatable bonds is 4. The van der Waals surface area contributed by atoms with Crippen molar-refractivity contribution in [3.05, 3.63) is 29.3 Å². The number of nitrogens with zero attached hydrogens (tertiary/aromatic N) is 1. The second-order valence-electron chi connectivity index (χ2n) is 6.23. The molecule has 2 unspecified atom stereocenters. The molecule has 22 heavy (non-hydrogen) atoms. The summed E-state index contributed by atoms with van der Waals surface area (Å²) in [5.41, 5.74) is 2.47. The molecule has 0 saturated heterocycles. The lowest BCUT2D eigenvalue weighted by molar-refractivity contribution is -0.117. The van der Waals surface area contributed by atoms with Crippen LogP contribution in [0.3, 0.4) is 0 Å². The van der Waals surface area contributed by atoms with E-state index >= 15 is 0 Å². The van der Waals surface area contributed by atoms with Gasteiger partial charge in [-0.25, -0.2) is 0 Å². The largest absolute Gasteiger partial charge is 0.342 e. The van der Waals surface area contributed by atoms with E-state index in [4.69, 9.17) is 0 Å². The van der Waals surface area contributed by atoms with Gasteiger partial charge in [0, 0.05) is 11.6 Å². The van der Waals surface area contributed by atoms with Crippen molar-refractivity contribution in [2.24, 2.45) is 10.9 Å². The number of hydrogen-bond donors (Lipinski definition) is 1. The van der Waals surface area contributed by atoms with Crippen LogP contribution in [-0.4, -0.2) is 23.4 Å². The summed E-state index contributed by atoms with van der Waals surface area (Å²) in [7, 11) is 0. The number of Topliss-reactive ketones (excluding diaryl/α,β-unsaturated/α-hetero) is 2. The molecule has 0 spiro atoms. The number of benzene rings is 1. The molecule has 0 bridgehead atoms. The van der Waals surface area contributed by atoms with Crippen molar-refractivity contribution in [1.29, 1.82) is 0 Å². The van der Waals surface area contributed by atoms with Gasteiger partial charge in [0.2, 0.25) is 0 Å². The molecule has 0 saturated carbocycles. The number of carbonyl (C=O) groups is 2. The minimum absolute atomic E-state index is 0.0740. The molecule has 0 aliphatic carbocycles. The first-order valence-corrected chi connectivity index (χ1v) is 7.89. The van der Waals surface area contributed by atoms with E-state index in [1.54, 1.807) is 6.07 Å². The summed E-state index contributed by atoms with van der Waals surface area (Å²) in [5, 5.41) is 3.28. The van der Waals surface area contributed by atoms with Crippen LogP contribution in [0.2, 0.25) is 0 Å². The van der Waals surface area contributed by atoms with Crippen LogP contribution < -0.4 is 5.32 Å². The van der Waals surface area contributed by atoms with Crippen LogP contribution in [0.15, 0.2) is 23.2 Å². The molecule has 0 aromatic heterocycles. The van der Waals surface area contributed by atoms with Gasteiger partial charge in [-0.1, -0.05) is 32.9 Å². The third-order valence-electron chi connectivity index (χ3n) is 4.13. The second kappa shape index (κ2) is 6.42. The maximum Gasteiger partial charge on any atom is 0.182 e. The van der Waals surface area contributed by atoms with E-state index in [2.05, 4.69) is 24.2 Å². The van der Waals surface area contributed by atoms with Gasteiger partial charge >= 0.3 is 0 Å². The quantitative estimate of drug-likeness (QED) is 0.860. The minimum Gasteiger partial charge on any atom is -0.342 e. The Morgan fingerprint density at radius 2 is 2.00 bits per heavy atom. The molecule has 2 rings (SSSR count). The Hall–Kier alpha value is -1.97. The molecule has 1 aromatic carbocycles. The summed E-state index contributed by atoms with van der Waals surface area (Å²) in [6.07, 6.45) is 0.864. The SMILES string of the molecule is CCC(C)N=C1Nc2c(cccc2C(C)C)C(=O)C1C(C)=O. The number of fused-ring (bicyclic) bond motifs is 1. The van der Waals surface area contributed by atoms with Crippen LogP contribution in [0.1, 0.15) is 62.9 Å². The lowest BCUT2D eigenvalue weighted by Crippen LogP contribution is -2.40. The lowest BCUT2D eigenvalue weighted by Gasteiger charge is -2.28. The number of amidine groups is 1. The zero-order valence-corrected chi connectivity index (χ0v) is 13.9. The Morgan fingerprint density at radius 3 is 2.55 bits per heavy atom. The summed E-state index contributed by atoms with van der Waals surface area (Å²) in [4.78, 5) is 29.3. The van der Waals surface area contributed by atoms with Crippen LogP contribution in [0, 0.1) is 5.92 Å². The average Bonchev–Trinajstić information content (AvgIpc) is 2.46. The Kier molecular flexibility index (Phi) is 4.79. The smallest absolute Gasteiger partial charge is 0.182 e. The summed E-state index contributed by atoms with van der Waals surface area (Å²) < 4.78 is 0. The number of para-hydroxylation sites is 1. The molecule has 0 amide bonds. The van der Waals surface area contributed by atoms with Crippen molar-refractivity contribution in [2.45, 2.75) is 53.0 Å². The summed E-state index contributed by atoms with van der Waals surface area (Å²) in [5.74, 6) is -0.337. The first-order chi connectivity index (χ1) is 10.4. The average molecular weight is 300 g/mol. The molecular weight excluding hydrogens is 276 g/mol. The zero-order valence-electron chi connectivity index (χ0n) is 13.9. The maximum absolute atomic E-state index is 12.8. The van der Waals surface area contributed by atoms with Gasteiger partial charge in [0.25, 0.3) is 0 Å². The van der Waals surface area contributed by atoms with Gasteiger partial charge in [-0.15, -0.1) is 0 Å². The Morgan fingerprint density at radius 1 is 1.32 bits per heavy atom. The minimum atomic E-state index is -0.802. The highest BCUT2D eigenvalue weighted by Gasteiger charge is 2.37. The molecule has 0 radical (unpaired) electrons. The lowest BCUT2D eigenvalue weighted by atomic mass is 9.85. The van der Waals surface area contributed by atoms with Crippen molar-refractivity contribution in [2.75, 3.05) is 5.32 Å². The third kappa shape index (κ3) is 2.96. The number of hydrogen-bond acceptors (Lipinski definition) is 3. The molecule has 1 heterocycles. The molecule has 1 aliphatic rings. The molecule has 2 atom stereocenters. The highest BCUT2D eigenvalue weighted by molar-refractivity contribution is 6.32. The van der Waals surface area contributed by atoms with Gasteiger partial charge in [-0.05, 0) is 37.8 Å². The van der Waals surface area contributed by atoms with Crippen molar-refractivity contribution < 1.29 is 9.59 Å². The van der Waals surface area contributed by atoms with Gasteiger partial charge in [-0.2, -0.15) is 0 Å². The predicted octanol–water partition coefficient (Wildman–Crippen LogP) is 3.82. The maximum atomic E-state index is 12.8. The van der Waals surface area contributed by atoms with Gasteiger partial charge in [0.1, 0.15) is 17.5 Å². The second-order valence-corrected chi connectivity index (χ2v) is 6.23. The monoisotopic (exact) mass is 300 g/mol. The normalized spacial score (nSPS) is 20.7. The summed E-state index contributed by atoms with van der Waals surface area (Å²) >= 11 is 0. The Labute approximate surface area is 132 Å². The summed E-state index contributed by atoms with van der Waals surface area (Å²) in [6, 6.07) is 5.75. The predicted molar refractivity (Wildman–Crippen MR) is 89.8 cm³/mol. The Balaban J connectivity index is 2.59. The van der Waals surface area contributed by atoms with Gasteiger partial charge in [0.15, 0.2) is 5.78 Å². The van der Waals surface area contributed by atoms with E-state index in [-0.39, 0.29) is 23.5 Å². The van der Waals surface area contributed by atoms with E-state index in [0.717, 1.165) is 17.7 Å².